The fourth-order valence-electron chi connectivity index (χ4n) is 4.18. The van der Waals surface area contributed by atoms with Crippen LogP contribution in [0.25, 0.3) is 0 Å². The first-order chi connectivity index (χ1) is 16.0. The van der Waals surface area contributed by atoms with Crippen LogP contribution >= 0.6 is 11.6 Å². The molecule has 0 saturated carbocycles. The molecule has 11 heteroatoms. The van der Waals surface area contributed by atoms with Crippen LogP contribution in [0.2, 0.25) is 5.28 Å². The van der Waals surface area contributed by atoms with Crippen LogP contribution in [0.1, 0.15) is 23.2 Å². The van der Waals surface area contributed by atoms with Gasteiger partial charge in [0.15, 0.2) is 0 Å². The Hall–Kier alpha value is -3.58. The van der Waals surface area contributed by atoms with E-state index in [1.54, 1.807) is 4.90 Å². The van der Waals surface area contributed by atoms with Crippen molar-refractivity contribution in [3.8, 4) is 6.07 Å². The predicted molar refractivity (Wildman–Crippen MR) is 119 cm³/mol. The monoisotopic (exact) mass is 470 g/mol. The molecule has 0 aliphatic carbocycles. The lowest BCUT2D eigenvalue weighted by Gasteiger charge is -2.41. The van der Waals surface area contributed by atoms with Crippen molar-refractivity contribution in [1.29, 1.82) is 5.26 Å². The van der Waals surface area contributed by atoms with Crippen LogP contribution in [-0.4, -0.2) is 69.3 Å². The summed E-state index contributed by atoms with van der Waals surface area (Å²) < 4.78 is 5.48. The van der Waals surface area contributed by atoms with Gasteiger partial charge >= 0.3 is 12.2 Å². The molecule has 1 fully saturated rings. The summed E-state index contributed by atoms with van der Waals surface area (Å²) in [6.45, 7) is 1.87. The maximum absolute atomic E-state index is 12.8. The highest BCUT2D eigenvalue weighted by atomic mass is 35.5. The van der Waals surface area contributed by atoms with Gasteiger partial charge in [-0.15, -0.1) is 0 Å². The summed E-state index contributed by atoms with van der Waals surface area (Å²) in [5.41, 5.74) is 2.33. The first-order valence-electron chi connectivity index (χ1n) is 10.6. The predicted octanol–water partition coefficient (Wildman–Crippen LogP) is 2.91. The summed E-state index contributed by atoms with van der Waals surface area (Å²) in [7, 11) is 0. The third-order valence-corrected chi connectivity index (χ3v) is 6.00. The number of fused-ring (bicyclic) bond motifs is 1. The smallest absolute Gasteiger partial charge is 0.410 e. The molecule has 1 atom stereocenters. The van der Waals surface area contributed by atoms with Crippen molar-refractivity contribution in [3.63, 3.8) is 0 Å². The Labute approximate surface area is 196 Å². The summed E-state index contributed by atoms with van der Waals surface area (Å²) in [5, 5.41) is 18.7. The second kappa shape index (κ2) is 9.92. The summed E-state index contributed by atoms with van der Waals surface area (Å²) in [6.07, 6.45) is -0.853. The van der Waals surface area contributed by atoms with Crippen molar-refractivity contribution >= 4 is 29.6 Å². The minimum absolute atomic E-state index is 0.0394. The van der Waals surface area contributed by atoms with E-state index in [9.17, 15) is 20.0 Å². The van der Waals surface area contributed by atoms with E-state index in [1.807, 2.05) is 35.2 Å². The van der Waals surface area contributed by atoms with Crippen molar-refractivity contribution in [2.24, 2.45) is 0 Å². The molecule has 2 amide bonds. The molecule has 1 N–H and O–H groups in total. The summed E-state index contributed by atoms with van der Waals surface area (Å²) in [6, 6.07) is 11.2. The number of nitriles is 1. The van der Waals surface area contributed by atoms with E-state index in [0.29, 0.717) is 44.1 Å². The molecule has 1 aromatic carbocycles. The third kappa shape index (κ3) is 5.09. The Morgan fingerprint density at radius 2 is 2.00 bits per heavy atom. The van der Waals surface area contributed by atoms with Crippen molar-refractivity contribution in [3.05, 3.63) is 52.4 Å². The fraction of sp³-hybridized carbons (Fsp3) is 0.409. The molecule has 2 aliphatic heterocycles. The van der Waals surface area contributed by atoms with Crippen LogP contribution in [0, 0.1) is 11.3 Å². The number of amides is 2. The molecular formula is C22H23ClN6O4. The molecule has 1 unspecified atom stereocenters. The SMILES string of the molecule is N#CCC1CN(c2nc(Cl)nc3c2CCN(C(=O)O)C3)CCN1C(=O)OCc1ccccc1. The number of benzene rings is 1. The van der Waals surface area contributed by atoms with E-state index in [0.717, 1.165) is 11.1 Å². The van der Waals surface area contributed by atoms with Gasteiger partial charge in [-0.1, -0.05) is 30.3 Å². The number of piperazine rings is 1. The maximum atomic E-state index is 12.8. The van der Waals surface area contributed by atoms with Gasteiger partial charge in [-0.05, 0) is 23.6 Å². The van der Waals surface area contributed by atoms with Crippen molar-refractivity contribution in [2.75, 3.05) is 31.1 Å². The molecule has 3 heterocycles. The van der Waals surface area contributed by atoms with Gasteiger partial charge in [-0.3, -0.25) is 0 Å². The molecule has 1 saturated heterocycles. The van der Waals surface area contributed by atoms with Crippen LogP contribution in [0.5, 0.6) is 0 Å². The number of nitrogens with zero attached hydrogens (tertiary/aromatic N) is 6. The summed E-state index contributed by atoms with van der Waals surface area (Å²) in [5.74, 6) is 0.635. The molecule has 0 radical (unpaired) electrons. The van der Waals surface area contributed by atoms with Crippen molar-refractivity contribution in [1.82, 2.24) is 19.8 Å². The Balaban J connectivity index is 1.49. The highest BCUT2D eigenvalue weighted by Gasteiger charge is 2.34. The molecule has 2 aromatic rings. The van der Waals surface area contributed by atoms with E-state index in [1.165, 1.54) is 4.90 Å². The molecule has 172 valence electrons. The van der Waals surface area contributed by atoms with Crippen molar-refractivity contribution < 1.29 is 19.4 Å². The van der Waals surface area contributed by atoms with Crippen LogP contribution in [0.15, 0.2) is 30.3 Å². The quantitative estimate of drug-likeness (QED) is 0.676. The number of anilines is 1. The normalized spacial score (nSPS) is 17.8. The van der Waals surface area contributed by atoms with E-state index < -0.39 is 12.2 Å². The van der Waals surface area contributed by atoms with Crippen molar-refractivity contribution in [2.45, 2.75) is 32.0 Å². The Bertz CT molecular complexity index is 1080. The Morgan fingerprint density at radius 3 is 2.73 bits per heavy atom. The molecule has 33 heavy (non-hydrogen) atoms. The number of hydrogen-bond acceptors (Lipinski definition) is 7. The highest BCUT2D eigenvalue weighted by Crippen LogP contribution is 2.30. The van der Waals surface area contributed by atoms with Crippen LogP contribution in [0.4, 0.5) is 15.4 Å². The lowest BCUT2D eigenvalue weighted by Crippen LogP contribution is -2.55. The minimum atomic E-state index is -1.01. The zero-order valence-corrected chi connectivity index (χ0v) is 18.6. The zero-order valence-electron chi connectivity index (χ0n) is 17.9. The maximum Gasteiger partial charge on any atom is 0.410 e. The second-order valence-corrected chi connectivity index (χ2v) is 8.23. The molecule has 4 rings (SSSR count). The van der Waals surface area contributed by atoms with Crippen LogP contribution < -0.4 is 4.90 Å². The average Bonchev–Trinajstić information content (AvgIpc) is 2.82. The molecule has 10 nitrogen and oxygen atoms in total. The van der Waals surface area contributed by atoms with E-state index in [-0.39, 0.29) is 30.9 Å². The van der Waals surface area contributed by atoms with E-state index in [4.69, 9.17) is 16.3 Å². The molecule has 2 aliphatic rings. The number of carbonyl (C=O) groups is 2. The van der Waals surface area contributed by atoms with E-state index >= 15 is 0 Å². The Kier molecular flexibility index (Phi) is 6.79. The number of aromatic nitrogens is 2. The van der Waals surface area contributed by atoms with Gasteiger partial charge in [-0.2, -0.15) is 5.26 Å². The van der Waals surface area contributed by atoms with Gasteiger partial charge in [0.25, 0.3) is 0 Å². The molecular weight excluding hydrogens is 448 g/mol. The van der Waals surface area contributed by atoms with Crippen LogP contribution in [0.3, 0.4) is 0 Å². The number of hydrogen-bond donors (Lipinski definition) is 1. The lowest BCUT2D eigenvalue weighted by molar-refractivity contribution is 0.0768. The van der Waals surface area contributed by atoms with Gasteiger partial charge in [-0.25, -0.2) is 19.6 Å². The zero-order chi connectivity index (χ0) is 23.4. The average molecular weight is 471 g/mol. The highest BCUT2D eigenvalue weighted by molar-refractivity contribution is 6.28. The minimum Gasteiger partial charge on any atom is -0.465 e. The fourth-order valence-corrected chi connectivity index (χ4v) is 4.36. The largest absolute Gasteiger partial charge is 0.465 e. The van der Waals surface area contributed by atoms with Gasteiger partial charge in [0.1, 0.15) is 12.4 Å². The van der Waals surface area contributed by atoms with Gasteiger partial charge in [0, 0.05) is 31.7 Å². The molecule has 1 aromatic heterocycles. The summed E-state index contributed by atoms with van der Waals surface area (Å²) >= 11 is 6.15. The van der Waals surface area contributed by atoms with Gasteiger partial charge in [0.2, 0.25) is 5.28 Å². The third-order valence-electron chi connectivity index (χ3n) is 5.84. The van der Waals surface area contributed by atoms with Gasteiger partial charge in [0.05, 0.1) is 30.8 Å². The number of carboxylic acid groups (broad SMARTS) is 1. The molecule has 0 spiro atoms. The Morgan fingerprint density at radius 1 is 1.21 bits per heavy atom. The van der Waals surface area contributed by atoms with Crippen LogP contribution in [-0.2, 0) is 24.3 Å². The number of ether oxygens (including phenoxy) is 1. The van der Waals surface area contributed by atoms with E-state index in [2.05, 4.69) is 16.0 Å². The first-order valence-corrected chi connectivity index (χ1v) is 11.0. The number of rotatable bonds is 4. The second-order valence-electron chi connectivity index (χ2n) is 7.89. The number of carbonyl (C=O) groups excluding carboxylic acids is 1. The topological polar surface area (TPSA) is 123 Å². The molecule has 0 bridgehead atoms. The number of halogens is 1. The summed E-state index contributed by atoms with van der Waals surface area (Å²) in [4.78, 5) is 37.6. The first kappa shape index (κ1) is 22.6. The van der Waals surface area contributed by atoms with Gasteiger partial charge < -0.3 is 24.5 Å². The standard InChI is InChI=1S/C22H23ClN6O4/c23-20-25-18-13-28(21(30)31)9-7-17(18)19(26-20)27-10-11-29(16(12-27)6-8-24)22(32)33-14-15-4-2-1-3-5-15/h1-5,16H,6-7,9-14H2,(H,30,31). The lowest BCUT2D eigenvalue weighted by atomic mass is 10.0.